The quantitative estimate of drug-likeness (QED) is 0.253. The van der Waals surface area contributed by atoms with Crippen LogP contribution >= 0.6 is 0 Å². The van der Waals surface area contributed by atoms with Gasteiger partial charge in [-0.15, -0.1) is 0 Å². The Labute approximate surface area is 163 Å². The van der Waals surface area contributed by atoms with Crippen LogP contribution < -0.4 is 0 Å². The summed E-state index contributed by atoms with van der Waals surface area (Å²) in [5.41, 5.74) is 0. The summed E-state index contributed by atoms with van der Waals surface area (Å²) in [6, 6.07) is 0. The summed E-state index contributed by atoms with van der Waals surface area (Å²) in [7, 11) is 0. The summed E-state index contributed by atoms with van der Waals surface area (Å²) >= 11 is 0. The van der Waals surface area contributed by atoms with Gasteiger partial charge in [-0.25, -0.2) is 0 Å². The summed E-state index contributed by atoms with van der Waals surface area (Å²) in [5.74, 6) is 0. The zero-order valence-corrected chi connectivity index (χ0v) is 18.0. The molecular weight excluding hydrogens is 328 g/mol. The largest absolute Gasteiger partial charge is 0.397 e. The van der Waals surface area contributed by atoms with E-state index in [9.17, 15) is 0 Å². The van der Waals surface area contributed by atoms with Crippen LogP contribution in [-0.2, 0) is 9.53 Å². The summed E-state index contributed by atoms with van der Waals surface area (Å²) in [5, 5.41) is 16.1. The van der Waals surface area contributed by atoms with Crippen molar-refractivity contribution in [3.63, 3.8) is 0 Å². The van der Waals surface area contributed by atoms with Crippen molar-refractivity contribution < 1.29 is 19.7 Å². The Kier molecular flexibility index (Phi) is 41.5. The minimum atomic E-state index is 0.151. The van der Waals surface area contributed by atoms with Gasteiger partial charge in [0.2, 0.25) is 0 Å². The van der Waals surface area contributed by atoms with Crippen LogP contribution in [0, 0.1) is 0 Å². The van der Waals surface area contributed by atoms with Crippen LogP contribution in [0.3, 0.4) is 0 Å². The second kappa shape index (κ2) is 35.6. The van der Waals surface area contributed by atoms with E-state index in [2.05, 4.69) is 6.92 Å². The molecule has 0 radical (unpaired) electrons. The first-order valence-corrected chi connectivity index (χ1v) is 10.9. The highest BCUT2D eigenvalue weighted by Gasteiger charge is 1.94. The third-order valence-electron chi connectivity index (χ3n) is 3.88. The average Bonchev–Trinajstić information content (AvgIpc) is 2.63. The van der Waals surface area contributed by atoms with Crippen LogP contribution in [0.4, 0.5) is 0 Å². The lowest BCUT2D eigenvalue weighted by molar-refractivity contribution is -0.106. The molecule has 0 aliphatic rings. The van der Waals surface area contributed by atoms with Crippen LogP contribution in [0.1, 0.15) is 111 Å². The monoisotopic (exact) mass is 376 g/mol. The number of hydrogen-bond donors (Lipinski definition) is 2. The lowest BCUT2D eigenvalue weighted by Gasteiger charge is -2.03. The molecule has 0 saturated carbocycles. The molecule has 0 aliphatic carbocycles. The van der Waals surface area contributed by atoms with Crippen molar-refractivity contribution >= 4 is 6.29 Å². The Bertz CT molecular complexity index is 192. The Morgan fingerprint density at radius 3 is 1.27 bits per heavy atom. The molecule has 0 rings (SSSR count). The van der Waals surface area contributed by atoms with Crippen molar-refractivity contribution in [1.29, 1.82) is 0 Å². The SMILES string of the molecule is CC=O.CCCCCCCCCCCCCCCCOCCO.CCO. The molecule has 0 spiro atoms. The fourth-order valence-electron chi connectivity index (χ4n) is 2.57. The van der Waals surface area contributed by atoms with Gasteiger partial charge < -0.3 is 19.7 Å². The van der Waals surface area contributed by atoms with Gasteiger partial charge in [0.25, 0.3) is 0 Å². The van der Waals surface area contributed by atoms with Gasteiger partial charge in [-0.05, 0) is 20.3 Å². The average molecular weight is 377 g/mol. The zero-order valence-electron chi connectivity index (χ0n) is 18.0. The molecule has 0 aliphatic heterocycles. The molecule has 2 N–H and O–H groups in total. The first-order chi connectivity index (χ1) is 12.7. The summed E-state index contributed by atoms with van der Waals surface area (Å²) in [6.07, 6.45) is 20.2. The molecule has 0 heterocycles. The number of carbonyl (C=O) groups is 1. The Hall–Kier alpha value is -0.450. The molecule has 0 aromatic heterocycles. The molecule has 0 fully saturated rings. The predicted octanol–water partition coefficient (Wildman–Crippen LogP) is 5.68. The van der Waals surface area contributed by atoms with Crippen molar-refractivity contribution in [2.24, 2.45) is 0 Å². The molecular formula is C22H48O4. The van der Waals surface area contributed by atoms with Gasteiger partial charge in [-0.1, -0.05) is 90.4 Å². The van der Waals surface area contributed by atoms with E-state index < -0.39 is 0 Å². The van der Waals surface area contributed by atoms with E-state index in [-0.39, 0.29) is 13.2 Å². The topological polar surface area (TPSA) is 66.8 Å². The number of rotatable bonds is 17. The van der Waals surface area contributed by atoms with Crippen LogP contribution in [-0.4, -0.2) is 42.9 Å². The van der Waals surface area contributed by atoms with E-state index >= 15 is 0 Å². The predicted molar refractivity (Wildman–Crippen MR) is 113 cm³/mol. The Balaban J connectivity index is -0.000000768. The molecule has 0 aromatic rings. The molecule has 160 valence electrons. The van der Waals surface area contributed by atoms with Crippen LogP contribution in [0.15, 0.2) is 0 Å². The maximum absolute atomic E-state index is 8.81. The van der Waals surface area contributed by atoms with Crippen LogP contribution in [0.5, 0.6) is 0 Å². The van der Waals surface area contributed by atoms with Gasteiger partial charge in [0, 0.05) is 13.2 Å². The lowest BCUT2D eigenvalue weighted by Crippen LogP contribution is -2.00. The number of carbonyl (C=O) groups excluding carboxylic acids is 1. The Morgan fingerprint density at radius 1 is 0.654 bits per heavy atom. The van der Waals surface area contributed by atoms with E-state index in [1.807, 2.05) is 0 Å². The minimum absolute atomic E-state index is 0.151. The molecule has 0 aromatic carbocycles. The summed E-state index contributed by atoms with van der Waals surface area (Å²) in [6.45, 7) is 7.12. The zero-order chi connectivity index (χ0) is 20.1. The molecule has 26 heavy (non-hydrogen) atoms. The van der Waals surface area contributed by atoms with E-state index in [0.717, 1.165) is 19.3 Å². The van der Waals surface area contributed by atoms with E-state index in [0.29, 0.717) is 6.61 Å². The number of unbranched alkanes of at least 4 members (excludes halogenated alkanes) is 13. The minimum Gasteiger partial charge on any atom is -0.397 e. The van der Waals surface area contributed by atoms with E-state index in [1.54, 1.807) is 6.92 Å². The van der Waals surface area contributed by atoms with Crippen molar-refractivity contribution in [3.05, 3.63) is 0 Å². The van der Waals surface area contributed by atoms with Gasteiger partial charge in [-0.2, -0.15) is 0 Å². The lowest BCUT2D eigenvalue weighted by atomic mass is 10.0. The summed E-state index contributed by atoms with van der Waals surface area (Å²) in [4.78, 5) is 8.81. The number of hydrogen-bond acceptors (Lipinski definition) is 4. The first-order valence-electron chi connectivity index (χ1n) is 10.9. The van der Waals surface area contributed by atoms with Gasteiger partial charge in [0.15, 0.2) is 0 Å². The van der Waals surface area contributed by atoms with Crippen LogP contribution in [0.2, 0.25) is 0 Å². The second-order valence-corrected chi connectivity index (χ2v) is 6.48. The maximum atomic E-state index is 8.81. The molecule has 0 amide bonds. The number of aliphatic hydroxyl groups excluding tert-OH is 2. The Morgan fingerprint density at radius 2 is 0.962 bits per heavy atom. The van der Waals surface area contributed by atoms with Crippen LogP contribution in [0.25, 0.3) is 0 Å². The summed E-state index contributed by atoms with van der Waals surface area (Å²) < 4.78 is 5.24. The molecule has 0 unspecified atom stereocenters. The fourth-order valence-corrected chi connectivity index (χ4v) is 2.57. The molecule has 0 atom stereocenters. The number of aliphatic hydroxyl groups is 2. The number of aldehydes is 1. The normalized spacial score (nSPS) is 9.73. The van der Waals surface area contributed by atoms with Gasteiger partial charge in [-0.3, -0.25) is 0 Å². The molecule has 4 heteroatoms. The highest BCUT2D eigenvalue weighted by molar-refractivity contribution is 5.44. The van der Waals surface area contributed by atoms with Gasteiger partial charge in [0.05, 0.1) is 13.2 Å². The van der Waals surface area contributed by atoms with Crippen molar-refractivity contribution in [2.75, 3.05) is 26.4 Å². The molecule has 4 nitrogen and oxygen atoms in total. The highest BCUT2D eigenvalue weighted by Crippen LogP contribution is 2.12. The fraction of sp³-hybridized carbons (Fsp3) is 0.955. The van der Waals surface area contributed by atoms with Crippen molar-refractivity contribution in [3.8, 4) is 0 Å². The highest BCUT2D eigenvalue weighted by atomic mass is 16.5. The van der Waals surface area contributed by atoms with Gasteiger partial charge >= 0.3 is 0 Å². The standard InChI is InChI=1S/C18H38O2.C2H6O.C2H4O/c1-2-3-4-5-6-7-8-9-10-11-12-13-14-15-17-20-18-16-19;2*1-2-3/h19H,2-18H2,1H3;3H,2H2,1H3;2H,1H3. The third kappa shape index (κ3) is 43.7. The van der Waals surface area contributed by atoms with Crippen molar-refractivity contribution in [2.45, 2.75) is 111 Å². The first kappa shape index (κ1) is 30.3. The molecule has 0 bridgehead atoms. The smallest absolute Gasteiger partial charge is 0.116 e. The maximum Gasteiger partial charge on any atom is 0.116 e. The second-order valence-electron chi connectivity index (χ2n) is 6.48. The van der Waals surface area contributed by atoms with Gasteiger partial charge in [0.1, 0.15) is 6.29 Å². The van der Waals surface area contributed by atoms with E-state index in [1.165, 1.54) is 90.4 Å². The number of ether oxygens (including phenoxy) is 1. The van der Waals surface area contributed by atoms with E-state index in [4.69, 9.17) is 19.7 Å². The molecule has 0 saturated heterocycles. The van der Waals surface area contributed by atoms with Crippen molar-refractivity contribution in [1.82, 2.24) is 0 Å². The third-order valence-corrected chi connectivity index (χ3v) is 3.88.